The van der Waals surface area contributed by atoms with Crippen molar-refractivity contribution in [3.05, 3.63) is 60.6 Å². The highest BCUT2D eigenvalue weighted by atomic mass is 19.1. The molecule has 4 nitrogen and oxygen atoms in total. The van der Waals surface area contributed by atoms with Gasteiger partial charge >= 0.3 is 0 Å². The molecule has 0 amide bonds. The van der Waals surface area contributed by atoms with E-state index in [1.807, 2.05) is 13.0 Å². The lowest BCUT2D eigenvalue weighted by Crippen LogP contribution is -2.09. The van der Waals surface area contributed by atoms with Gasteiger partial charge in [-0.3, -0.25) is 0 Å². The van der Waals surface area contributed by atoms with Crippen LogP contribution in [0.4, 0.5) is 10.1 Å². The maximum Gasteiger partial charge on any atom is 0.214 e. The predicted molar refractivity (Wildman–Crippen MR) is 110 cm³/mol. The Morgan fingerprint density at radius 2 is 2.07 bits per heavy atom. The van der Waals surface area contributed by atoms with Crippen LogP contribution in [0.15, 0.2) is 43.5 Å². The zero-order valence-corrected chi connectivity index (χ0v) is 16.2. The summed E-state index contributed by atoms with van der Waals surface area (Å²) in [5.41, 5.74) is 4.25. The lowest BCUT2D eigenvalue weighted by atomic mass is 9.98. The number of hydrogen-bond donors (Lipinski definition) is 2. The zero-order valence-electron chi connectivity index (χ0n) is 16.2. The van der Waals surface area contributed by atoms with Crippen LogP contribution in [0.2, 0.25) is 0 Å². The van der Waals surface area contributed by atoms with Gasteiger partial charge < -0.3 is 15.2 Å². The quantitative estimate of drug-likeness (QED) is 0.621. The molecule has 2 aromatic rings. The first kappa shape index (κ1) is 20.6. The van der Waals surface area contributed by atoms with Crippen LogP contribution >= 0.6 is 0 Å². The first-order valence-electron chi connectivity index (χ1n) is 8.97. The molecule has 27 heavy (non-hydrogen) atoms. The normalized spacial score (nSPS) is 10.7. The Kier molecular flexibility index (Phi) is 7.13. The van der Waals surface area contributed by atoms with E-state index in [4.69, 9.17) is 9.84 Å². The number of halogens is 1. The van der Waals surface area contributed by atoms with Crippen molar-refractivity contribution in [2.75, 3.05) is 25.1 Å². The second-order valence-corrected chi connectivity index (χ2v) is 6.80. The SMILES string of the molecule is C=CC(=C)c1cc(-c2cc(NCC(C)C)c(F)cc2C)cc(OCCO)n1. The minimum absolute atomic E-state index is 0.109. The van der Waals surface area contributed by atoms with Crippen molar-refractivity contribution in [2.45, 2.75) is 20.8 Å². The fourth-order valence-corrected chi connectivity index (χ4v) is 2.59. The molecule has 1 aromatic heterocycles. The Morgan fingerprint density at radius 1 is 1.33 bits per heavy atom. The highest BCUT2D eigenvalue weighted by Crippen LogP contribution is 2.32. The predicted octanol–water partition coefficient (Wildman–Crippen LogP) is 4.83. The molecule has 144 valence electrons. The van der Waals surface area contributed by atoms with Crippen LogP contribution in [0.5, 0.6) is 5.88 Å². The Balaban J connectivity index is 2.52. The number of anilines is 1. The van der Waals surface area contributed by atoms with Gasteiger partial charge in [0.05, 0.1) is 18.0 Å². The number of aryl methyl sites for hydroxylation is 1. The fraction of sp³-hybridized carbons (Fsp3) is 0.318. The number of nitrogens with one attached hydrogen (secondary N) is 1. The molecule has 0 aliphatic carbocycles. The minimum Gasteiger partial charge on any atom is -0.475 e. The number of hydrogen-bond acceptors (Lipinski definition) is 4. The molecule has 0 unspecified atom stereocenters. The van der Waals surface area contributed by atoms with Crippen LogP contribution < -0.4 is 10.1 Å². The first-order chi connectivity index (χ1) is 12.8. The molecule has 0 aliphatic heterocycles. The van der Waals surface area contributed by atoms with E-state index in [1.54, 1.807) is 18.2 Å². The summed E-state index contributed by atoms with van der Waals surface area (Å²) in [5.74, 6) is 0.495. The zero-order chi connectivity index (χ0) is 20.0. The molecule has 2 N–H and O–H groups in total. The average Bonchev–Trinajstić information content (AvgIpc) is 2.64. The maximum atomic E-state index is 14.3. The van der Waals surface area contributed by atoms with E-state index in [2.05, 4.69) is 37.3 Å². The van der Waals surface area contributed by atoms with Crippen LogP contribution in [0.25, 0.3) is 16.7 Å². The molecule has 0 fully saturated rings. The third-order valence-electron chi connectivity index (χ3n) is 4.04. The average molecular weight is 370 g/mol. The van der Waals surface area contributed by atoms with Gasteiger partial charge in [-0.05, 0) is 53.3 Å². The topological polar surface area (TPSA) is 54.4 Å². The summed E-state index contributed by atoms with van der Waals surface area (Å²) in [6.45, 7) is 14.4. The van der Waals surface area contributed by atoms with Crippen LogP contribution in [-0.2, 0) is 0 Å². The van der Waals surface area contributed by atoms with Crippen molar-refractivity contribution in [3.8, 4) is 17.0 Å². The number of rotatable bonds is 9. The van der Waals surface area contributed by atoms with Crippen LogP contribution in [-0.4, -0.2) is 29.8 Å². The van der Waals surface area contributed by atoms with Gasteiger partial charge in [0.25, 0.3) is 0 Å². The van der Waals surface area contributed by atoms with E-state index in [9.17, 15) is 4.39 Å². The summed E-state index contributed by atoms with van der Waals surface area (Å²) in [6, 6.07) is 6.98. The van der Waals surface area contributed by atoms with Gasteiger partial charge in [0.2, 0.25) is 5.88 Å². The third-order valence-corrected chi connectivity index (χ3v) is 4.04. The van der Waals surface area contributed by atoms with Gasteiger partial charge in [0, 0.05) is 12.6 Å². The molecule has 0 bridgehead atoms. The van der Waals surface area contributed by atoms with Gasteiger partial charge in [0.15, 0.2) is 0 Å². The monoisotopic (exact) mass is 370 g/mol. The molecule has 0 atom stereocenters. The molecule has 0 saturated carbocycles. The van der Waals surface area contributed by atoms with Crippen LogP contribution in [0, 0.1) is 18.7 Å². The number of aromatic nitrogens is 1. The lowest BCUT2D eigenvalue weighted by Gasteiger charge is -2.15. The molecular formula is C22H27FN2O2. The van der Waals surface area contributed by atoms with Crippen molar-refractivity contribution < 1.29 is 14.2 Å². The number of aliphatic hydroxyl groups is 1. The van der Waals surface area contributed by atoms with Crippen molar-refractivity contribution >= 4 is 11.3 Å². The second kappa shape index (κ2) is 9.33. The van der Waals surface area contributed by atoms with Gasteiger partial charge in [-0.1, -0.05) is 33.1 Å². The van der Waals surface area contributed by atoms with E-state index in [0.717, 1.165) is 16.7 Å². The molecule has 1 heterocycles. The molecule has 0 spiro atoms. The van der Waals surface area contributed by atoms with Crippen molar-refractivity contribution in [1.82, 2.24) is 4.98 Å². The fourth-order valence-electron chi connectivity index (χ4n) is 2.59. The number of aliphatic hydroxyl groups excluding tert-OH is 1. The maximum absolute atomic E-state index is 14.3. The summed E-state index contributed by atoms with van der Waals surface area (Å²) in [5, 5.41) is 12.2. The van der Waals surface area contributed by atoms with E-state index < -0.39 is 0 Å². The number of benzene rings is 1. The number of pyridine rings is 1. The second-order valence-electron chi connectivity index (χ2n) is 6.80. The largest absolute Gasteiger partial charge is 0.475 e. The Bertz CT molecular complexity index is 831. The number of nitrogens with zero attached hydrogens (tertiary/aromatic N) is 1. The van der Waals surface area contributed by atoms with E-state index >= 15 is 0 Å². The highest BCUT2D eigenvalue weighted by molar-refractivity contribution is 5.77. The van der Waals surface area contributed by atoms with E-state index in [-0.39, 0.29) is 19.0 Å². The van der Waals surface area contributed by atoms with Crippen LogP contribution in [0.1, 0.15) is 25.1 Å². The molecular weight excluding hydrogens is 343 g/mol. The van der Waals surface area contributed by atoms with E-state index in [0.29, 0.717) is 35.3 Å². The molecule has 0 aliphatic rings. The van der Waals surface area contributed by atoms with Gasteiger partial charge in [0.1, 0.15) is 12.4 Å². The van der Waals surface area contributed by atoms with Crippen LogP contribution in [0.3, 0.4) is 0 Å². The molecule has 0 saturated heterocycles. The minimum atomic E-state index is -0.279. The molecule has 0 radical (unpaired) electrons. The summed E-state index contributed by atoms with van der Waals surface area (Å²) < 4.78 is 19.8. The van der Waals surface area contributed by atoms with Crippen molar-refractivity contribution in [2.24, 2.45) is 5.92 Å². The third kappa shape index (κ3) is 5.41. The van der Waals surface area contributed by atoms with Gasteiger partial charge in [-0.25, -0.2) is 9.37 Å². The van der Waals surface area contributed by atoms with Gasteiger partial charge in [-0.15, -0.1) is 0 Å². The standard InChI is InChI=1S/C22H27FN2O2/c1-6-15(4)20-10-17(11-22(25-20)27-8-7-26)18-12-21(24-13-14(2)3)19(23)9-16(18)5/h6,9-12,14,24,26H,1,4,7-8,13H2,2-3,5H3. The van der Waals surface area contributed by atoms with E-state index in [1.165, 1.54) is 6.07 Å². The van der Waals surface area contributed by atoms with Crippen molar-refractivity contribution in [1.29, 1.82) is 0 Å². The molecule has 5 heteroatoms. The number of allylic oxidation sites excluding steroid dienone is 2. The highest BCUT2D eigenvalue weighted by Gasteiger charge is 2.13. The lowest BCUT2D eigenvalue weighted by molar-refractivity contribution is 0.196. The molecule has 2 rings (SSSR count). The molecule has 1 aromatic carbocycles. The summed E-state index contributed by atoms with van der Waals surface area (Å²) in [7, 11) is 0. The summed E-state index contributed by atoms with van der Waals surface area (Å²) in [4.78, 5) is 4.40. The Hall–Kier alpha value is -2.66. The van der Waals surface area contributed by atoms with Crippen molar-refractivity contribution in [3.63, 3.8) is 0 Å². The smallest absolute Gasteiger partial charge is 0.214 e. The summed E-state index contributed by atoms with van der Waals surface area (Å²) >= 11 is 0. The van der Waals surface area contributed by atoms with Gasteiger partial charge in [-0.2, -0.15) is 0 Å². The summed E-state index contributed by atoms with van der Waals surface area (Å²) in [6.07, 6.45) is 1.62. The Labute approximate surface area is 160 Å². The Morgan fingerprint density at radius 3 is 2.70 bits per heavy atom. The number of ether oxygens (including phenoxy) is 1. The first-order valence-corrected chi connectivity index (χ1v) is 8.97.